The van der Waals surface area contributed by atoms with Gasteiger partial charge in [0.05, 0.1) is 11.7 Å². The summed E-state index contributed by atoms with van der Waals surface area (Å²) in [4.78, 5) is 18.7. The number of likely N-dealkylation sites (tertiary alicyclic amines) is 1. The first kappa shape index (κ1) is 13.9. The lowest BCUT2D eigenvalue weighted by Crippen LogP contribution is -2.40. The summed E-state index contributed by atoms with van der Waals surface area (Å²) in [6.07, 6.45) is 6.81. The van der Waals surface area contributed by atoms with Gasteiger partial charge in [0.2, 0.25) is 5.76 Å². The summed E-state index contributed by atoms with van der Waals surface area (Å²) in [7, 11) is 0. The largest absolute Gasteiger partial charge is 0.351 e. The Kier molecular flexibility index (Phi) is 3.77. The lowest BCUT2D eigenvalue weighted by molar-refractivity contribution is 0.0636. The number of aryl methyl sites for hydroxylation is 2. The van der Waals surface area contributed by atoms with Gasteiger partial charge in [0, 0.05) is 38.0 Å². The second kappa shape index (κ2) is 5.71. The maximum atomic E-state index is 12.4. The van der Waals surface area contributed by atoms with Gasteiger partial charge in [-0.3, -0.25) is 4.79 Å². The van der Waals surface area contributed by atoms with Crippen molar-refractivity contribution in [3.8, 4) is 0 Å². The van der Waals surface area contributed by atoms with Gasteiger partial charge in [-0.25, -0.2) is 4.98 Å². The smallest absolute Gasteiger partial charge is 0.292 e. The number of hydrogen-bond acceptors (Lipinski definition) is 4. The highest BCUT2D eigenvalue weighted by atomic mass is 16.5. The second-order valence-corrected chi connectivity index (χ2v) is 5.48. The summed E-state index contributed by atoms with van der Waals surface area (Å²) in [6, 6.07) is 1.99. The van der Waals surface area contributed by atoms with E-state index in [1.165, 1.54) is 0 Å². The molecule has 2 aromatic rings. The van der Waals surface area contributed by atoms with Crippen LogP contribution in [0.15, 0.2) is 23.0 Å². The van der Waals surface area contributed by atoms with E-state index in [-0.39, 0.29) is 5.91 Å². The molecular formula is C15H20N4O2. The molecule has 1 saturated heterocycles. The van der Waals surface area contributed by atoms with Crippen LogP contribution in [0.1, 0.15) is 47.9 Å². The molecule has 1 fully saturated rings. The predicted octanol–water partition coefficient (Wildman–Crippen LogP) is 2.22. The monoisotopic (exact) mass is 288 g/mol. The molecule has 2 aromatic heterocycles. The Morgan fingerprint density at radius 1 is 1.52 bits per heavy atom. The molecular weight excluding hydrogens is 268 g/mol. The minimum Gasteiger partial charge on any atom is -0.351 e. The van der Waals surface area contributed by atoms with E-state index in [1.54, 1.807) is 6.07 Å². The molecule has 3 heterocycles. The van der Waals surface area contributed by atoms with Gasteiger partial charge in [-0.2, -0.15) is 0 Å². The number of carbonyl (C=O) groups is 1. The van der Waals surface area contributed by atoms with Gasteiger partial charge in [0.15, 0.2) is 0 Å². The molecule has 21 heavy (non-hydrogen) atoms. The zero-order chi connectivity index (χ0) is 14.8. The van der Waals surface area contributed by atoms with Gasteiger partial charge >= 0.3 is 0 Å². The van der Waals surface area contributed by atoms with Crippen molar-refractivity contribution in [1.29, 1.82) is 0 Å². The van der Waals surface area contributed by atoms with Gasteiger partial charge in [0.25, 0.3) is 5.91 Å². The highest BCUT2D eigenvalue weighted by Gasteiger charge is 2.28. The van der Waals surface area contributed by atoms with Crippen LogP contribution in [-0.4, -0.2) is 38.6 Å². The van der Waals surface area contributed by atoms with E-state index in [1.807, 2.05) is 24.2 Å². The Hall–Kier alpha value is -2.11. The average Bonchev–Trinajstić information content (AvgIpc) is 3.15. The number of rotatable bonds is 3. The first-order chi connectivity index (χ1) is 10.2. The lowest BCUT2D eigenvalue weighted by Gasteiger charge is -2.33. The molecule has 1 aliphatic rings. The number of hydrogen-bond donors (Lipinski definition) is 0. The van der Waals surface area contributed by atoms with Crippen molar-refractivity contribution in [2.75, 3.05) is 13.1 Å². The Balaban J connectivity index is 1.75. The fourth-order valence-electron chi connectivity index (χ4n) is 2.94. The summed E-state index contributed by atoms with van der Waals surface area (Å²) in [5, 5.41) is 3.79. The molecule has 0 N–H and O–H groups in total. The van der Waals surface area contributed by atoms with Crippen LogP contribution in [0.5, 0.6) is 0 Å². The van der Waals surface area contributed by atoms with Crippen LogP contribution in [0.25, 0.3) is 0 Å². The molecule has 0 aromatic carbocycles. The molecule has 112 valence electrons. The van der Waals surface area contributed by atoms with Crippen LogP contribution >= 0.6 is 0 Å². The molecule has 6 nitrogen and oxygen atoms in total. The molecule has 0 unspecified atom stereocenters. The summed E-state index contributed by atoms with van der Waals surface area (Å²) >= 11 is 0. The number of aromatic nitrogens is 3. The molecule has 0 bridgehead atoms. The van der Waals surface area contributed by atoms with Crippen molar-refractivity contribution >= 4 is 5.91 Å². The van der Waals surface area contributed by atoms with Crippen molar-refractivity contribution < 1.29 is 9.32 Å². The van der Waals surface area contributed by atoms with E-state index in [9.17, 15) is 4.79 Å². The Morgan fingerprint density at radius 3 is 3.10 bits per heavy atom. The van der Waals surface area contributed by atoms with Crippen molar-refractivity contribution in [2.45, 2.75) is 39.2 Å². The number of amides is 1. The molecule has 6 heteroatoms. The number of carbonyl (C=O) groups excluding carboxylic acids is 1. The SMILES string of the molecule is CCc1nccn1[C@@H]1CCCN(C(=O)c2cc(C)no2)C1. The molecule has 0 saturated carbocycles. The van der Waals surface area contributed by atoms with E-state index in [0.29, 0.717) is 18.3 Å². The third kappa shape index (κ3) is 2.70. The Bertz CT molecular complexity index is 631. The highest BCUT2D eigenvalue weighted by Crippen LogP contribution is 2.24. The van der Waals surface area contributed by atoms with Gasteiger partial charge in [-0.05, 0) is 19.8 Å². The average molecular weight is 288 g/mol. The Morgan fingerprint density at radius 2 is 2.38 bits per heavy atom. The second-order valence-electron chi connectivity index (χ2n) is 5.48. The normalized spacial score (nSPS) is 19.0. The third-order valence-electron chi connectivity index (χ3n) is 3.98. The van der Waals surface area contributed by atoms with Gasteiger partial charge < -0.3 is 14.0 Å². The predicted molar refractivity (Wildman–Crippen MR) is 77.0 cm³/mol. The fraction of sp³-hybridized carbons (Fsp3) is 0.533. The first-order valence-corrected chi connectivity index (χ1v) is 7.43. The fourth-order valence-corrected chi connectivity index (χ4v) is 2.94. The maximum absolute atomic E-state index is 12.4. The quantitative estimate of drug-likeness (QED) is 0.868. The third-order valence-corrected chi connectivity index (χ3v) is 3.98. The zero-order valence-corrected chi connectivity index (χ0v) is 12.5. The van der Waals surface area contributed by atoms with Crippen LogP contribution < -0.4 is 0 Å². The Labute approximate surface area is 123 Å². The molecule has 0 aliphatic carbocycles. The van der Waals surface area contributed by atoms with Crippen LogP contribution in [0.3, 0.4) is 0 Å². The molecule has 0 radical (unpaired) electrons. The molecule has 1 amide bonds. The first-order valence-electron chi connectivity index (χ1n) is 7.43. The van der Waals surface area contributed by atoms with Crippen molar-refractivity contribution in [3.05, 3.63) is 35.7 Å². The van der Waals surface area contributed by atoms with E-state index in [0.717, 1.165) is 37.3 Å². The van der Waals surface area contributed by atoms with Gasteiger partial charge in [-0.15, -0.1) is 0 Å². The minimum atomic E-state index is -0.0709. The van der Waals surface area contributed by atoms with Crippen LogP contribution in [0, 0.1) is 6.92 Å². The van der Waals surface area contributed by atoms with Crippen LogP contribution in [-0.2, 0) is 6.42 Å². The van der Waals surface area contributed by atoms with E-state index in [2.05, 4.69) is 21.6 Å². The van der Waals surface area contributed by atoms with Gasteiger partial charge in [-0.1, -0.05) is 12.1 Å². The number of nitrogens with zero attached hydrogens (tertiary/aromatic N) is 4. The summed E-state index contributed by atoms with van der Waals surface area (Å²) in [5.41, 5.74) is 0.731. The molecule has 1 aliphatic heterocycles. The van der Waals surface area contributed by atoms with Crippen molar-refractivity contribution in [1.82, 2.24) is 19.6 Å². The molecule has 0 spiro atoms. The standard InChI is InChI=1S/C15H20N4O2/c1-3-14-16-6-8-19(14)12-5-4-7-18(10-12)15(20)13-9-11(2)17-21-13/h6,8-9,12H,3-5,7,10H2,1-2H3/t12-/m1/s1. The summed E-state index contributed by atoms with van der Waals surface area (Å²) < 4.78 is 7.29. The molecule has 3 rings (SSSR count). The summed E-state index contributed by atoms with van der Waals surface area (Å²) in [5.74, 6) is 1.33. The van der Waals surface area contributed by atoms with E-state index < -0.39 is 0 Å². The number of piperidine rings is 1. The maximum Gasteiger partial charge on any atom is 0.292 e. The van der Waals surface area contributed by atoms with Crippen LogP contribution in [0.2, 0.25) is 0 Å². The van der Waals surface area contributed by atoms with Crippen molar-refractivity contribution in [3.63, 3.8) is 0 Å². The van der Waals surface area contributed by atoms with Crippen molar-refractivity contribution in [2.24, 2.45) is 0 Å². The topological polar surface area (TPSA) is 64.2 Å². The molecule has 1 atom stereocenters. The zero-order valence-electron chi connectivity index (χ0n) is 12.5. The van der Waals surface area contributed by atoms with Crippen LogP contribution in [0.4, 0.5) is 0 Å². The highest BCUT2D eigenvalue weighted by molar-refractivity contribution is 5.91. The van der Waals surface area contributed by atoms with E-state index in [4.69, 9.17) is 4.52 Å². The van der Waals surface area contributed by atoms with E-state index >= 15 is 0 Å². The minimum absolute atomic E-state index is 0.0709. The van der Waals surface area contributed by atoms with Gasteiger partial charge in [0.1, 0.15) is 5.82 Å². The number of imidazole rings is 1. The summed E-state index contributed by atoms with van der Waals surface area (Å²) in [6.45, 7) is 5.38. The lowest BCUT2D eigenvalue weighted by atomic mass is 10.0.